The third-order valence-corrected chi connectivity index (χ3v) is 4.57. The molecular formula is C19H20N6O. The molecule has 1 amide bonds. The number of rotatable bonds is 4. The van der Waals surface area contributed by atoms with Gasteiger partial charge in [-0.3, -0.25) is 4.79 Å². The summed E-state index contributed by atoms with van der Waals surface area (Å²) in [7, 11) is 0. The highest BCUT2D eigenvalue weighted by Crippen LogP contribution is 2.24. The maximum absolute atomic E-state index is 12.6. The van der Waals surface area contributed by atoms with E-state index in [1.807, 2.05) is 60.7 Å². The van der Waals surface area contributed by atoms with Crippen LogP contribution >= 0.6 is 0 Å². The van der Waals surface area contributed by atoms with E-state index in [0.29, 0.717) is 12.5 Å². The number of benzene rings is 2. The monoisotopic (exact) mass is 348 g/mol. The number of hydrogen-bond donors (Lipinski definition) is 1. The summed E-state index contributed by atoms with van der Waals surface area (Å²) in [5.41, 5.74) is 1.73. The number of piperidine rings is 1. The van der Waals surface area contributed by atoms with E-state index in [-0.39, 0.29) is 11.8 Å². The molecule has 132 valence electrons. The molecule has 1 aliphatic rings. The highest BCUT2D eigenvalue weighted by Gasteiger charge is 2.28. The summed E-state index contributed by atoms with van der Waals surface area (Å²) < 4.78 is 1.72. The summed E-state index contributed by atoms with van der Waals surface area (Å²) in [6, 6.07) is 19.3. The van der Waals surface area contributed by atoms with Gasteiger partial charge < -0.3 is 10.2 Å². The molecule has 0 spiro atoms. The van der Waals surface area contributed by atoms with Gasteiger partial charge in [0.2, 0.25) is 11.9 Å². The van der Waals surface area contributed by atoms with E-state index in [2.05, 4.69) is 25.7 Å². The molecule has 1 fully saturated rings. The predicted octanol–water partition coefficient (Wildman–Crippen LogP) is 2.52. The van der Waals surface area contributed by atoms with Crippen LogP contribution in [-0.2, 0) is 4.79 Å². The highest BCUT2D eigenvalue weighted by atomic mass is 16.1. The van der Waals surface area contributed by atoms with Crippen LogP contribution in [0.5, 0.6) is 0 Å². The number of amides is 1. The number of anilines is 2. The van der Waals surface area contributed by atoms with Crippen LogP contribution in [0.2, 0.25) is 0 Å². The normalized spacial score (nSPS) is 17.1. The zero-order chi connectivity index (χ0) is 17.8. The van der Waals surface area contributed by atoms with Crippen molar-refractivity contribution >= 4 is 17.5 Å². The molecule has 7 heteroatoms. The van der Waals surface area contributed by atoms with E-state index in [0.717, 1.165) is 30.8 Å². The fourth-order valence-electron chi connectivity index (χ4n) is 3.25. The summed E-state index contributed by atoms with van der Waals surface area (Å²) in [5.74, 6) is 0.623. The summed E-state index contributed by atoms with van der Waals surface area (Å²) in [6.07, 6.45) is 1.79. The van der Waals surface area contributed by atoms with E-state index in [9.17, 15) is 4.79 Å². The Balaban J connectivity index is 1.49. The SMILES string of the molecule is O=C(Nc1ccccc1)[C@H]1CCCN(c2nnnn2-c2ccccc2)C1. The minimum absolute atomic E-state index is 0.0413. The molecule has 0 aliphatic carbocycles. The van der Waals surface area contributed by atoms with Crippen LogP contribution in [0.4, 0.5) is 11.6 Å². The van der Waals surface area contributed by atoms with E-state index >= 15 is 0 Å². The smallest absolute Gasteiger partial charge is 0.250 e. The van der Waals surface area contributed by atoms with Gasteiger partial charge in [-0.15, -0.1) is 0 Å². The first-order chi connectivity index (χ1) is 12.8. The second-order valence-electron chi connectivity index (χ2n) is 6.37. The highest BCUT2D eigenvalue weighted by molar-refractivity contribution is 5.93. The van der Waals surface area contributed by atoms with Gasteiger partial charge in [0, 0.05) is 18.8 Å². The van der Waals surface area contributed by atoms with Crippen molar-refractivity contribution in [1.29, 1.82) is 0 Å². The van der Waals surface area contributed by atoms with E-state index in [1.165, 1.54) is 0 Å². The fraction of sp³-hybridized carbons (Fsp3) is 0.263. The average Bonchev–Trinajstić information content (AvgIpc) is 3.19. The number of hydrogen-bond acceptors (Lipinski definition) is 5. The lowest BCUT2D eigenvalue weighted by Gasteiger charge is -2.32. The van der Waals surface area contributed by atoms with E-state index < -0.39 is 0 Å². The fourth-order valence-corrected chi connectivity index (χ4v) is 3.25. The Morgan fingerprint density at radius 3 is 2.54 bits per heavy atom. The van der Waals surface area contributed by atoms with Crippen LogP contribution in [0.25, 0.3) is 5.69 Å². The van der Waals surface area contributed by atoms with Gasteiger partial charge in [0.1, 0.15) is 0 Å². The standard InChI is InChI=1S/C19H20N6O/c26-18(20-16-9-3-1-4-10-16)15-8-7-13-24(14-15)19-21-22-23-25(19)17-11-5-2-6-12-17/h1-6,9-12,15H,7-8,13-14H2,(H,20,26)/t15-/m0/s1. The van der Waals surface area contributed by atoms with Crippen molar-refractivity contribution < 1.29 is 4.79 Å². The van der Waals surface area contributed by atoms with Crippen LogP contribution in [0.3, 0.4) is 0 Å². The Morgan fingerprint density at radius 2 is 1.77 bits per heavy atom. The van der Waals surface area contributed by atoms with Gasteiger partial charge >= 0.3 is 0 Å². The number of carbonyl (C=O) groups excluding carboxylic acids is 1. The molecule has 0 saturated carbocycles. The Bertz CT molecular complexity index is 864. The van der Waals surface area contributed by atoms with Crippen molar-refractivity contribution in [3.8, 4) is 5.69 Å². The number of aromatic nitrogens is 4. The minimum atomic E-state index is -0.0927. The molecule has 1 N–H and O–H groups in total. The molecule has 2 heterocycles. The molecule has 1 atom stereocenters. The Kier molecular flexibility index (Phi) is 4.59. The predicted molar refractivity (Wildman–Crippen MR) is 99.2 cm³/mol. The third-order valence-electron chi connectivity index (χ3n) is 4.57. The number of nitrogens with one attached hydrogen (secondary N) is 1. The van der Waals surface area contributed by atoms with Gasteiger partial charge in [-0.2, -0.15) is 4.68 Å². The molecule has 3 aromatic rings. The third kappa shape index (κ3) is 3.42. The average molecular weight is 348 g/mol. The summed E-state index contributed by atoms with van der Waals surface area (Å²) >= 11 is 0. The quantitative estimate of drug-likeness (QED) is 0.784. The number of tetrazole rings is 1. The summed E-state index contributed by atoms with van der Waals surface area (Å²) in [6.45, 7) is 1.44. The maximum atomic E-state index is 12.6. The molecule has 2 aromatic carbocycles. The molecule has 0 unspecified atom stereocenters. The molecule has 0 radical (unpaired) electrons. The first kappa shape index (κ1) is 16.3. The van der Waals surface area contributed by atoms with Crippen LogP contribution in [0.15, 0.2) is 60.7 Å². The zero-order valence-corrected chi connectivity index (χ0v) is 14.3. The van der Waals surface area contributed by atoms with Crippen LogP contribution < -0.4 is 10.2 Å². The van der Waals surface area contributed by atoms with Crippen LogP contribution in [0.1, 0.15) is 12.8 Å². The molecule has 1 aromatic heterocycles. The maximum Gasteiger partial charge on any atom is 0.250 e. The lowest BCUT2D eigenvalue weighted by atomic mass is 9.97. The van der Waals surface area contributed by atoms with Gasteiger partial charge in [-0.1, -0.05) is 41.5 Å². The lowest BCUT2D eigenvalue weighted by Crippen LogP contribution is -2.42. The van der Waals surface area contributed by atoms with Crippen molar-refractivity contribution in [2.75, 3.05) is 23.3 Å². The van der Waals surface area contributed by atoms with Gasteiger partial charge in [-0.25, -0.2) is 0 Å². The number of nitrogens with zero attached hydrogens (tertiary/aromatic N) is 5. The van der Waals surface area contributed by atoms with Crippen molar-refractivity contribution in [1.82, 2.24) is 20.2 Å². The molecule has 4 rings (SSSR count). The van der Waals surface area contributed by atoms with Gasteiger partial charge in [0.15, 0.2) is 0 Å². The Hall–Kier alpha value is -3.22. The Labute approximate surface area is 151 Å². The molecule has 1 aliphatic heterocycles. The lowest BCUT2D eigenvalue weighted by molar-refractivity contribution is -0.120. The molecule has 7 nitrogen and oxygen atoms in total. The minimum Gasteiger partial charge on any atom is -0.339 e. The number of carbonyl (C=O) groups is 1. The van der Waals surface area contributed by atoms with Crippen molar-refractivity contribution in [2.45, 2.75) is 12.8 Å². The first-order valence-electron chi connectivity index (χ1n) is 8.76. The number of para-hydroxylation sites is 2. The molecular weight excluding hydrogens is 328 g/mol. The molecule has 1 saturated heterocycles. The van der Waals surface area contributed by atoms with Crippen LogP contribution in [-0.4, -0.2) is 39.2 Å². The zero-order valence-electron chi connectivity index (χ0n) is 14.3. The van der Waals surface area contributed by atoms with Crippen molar-refractivity contribution in [3.63, 3.8) is 0 Å². The first-order valence-corrected chi connectivity index (χ1v) is 8.76. The topological polar surface area (TPSA) is 75.9 Å². The van der Waals surface area contributed by atoms with Crippen molar-refractivity contribution in [3.05, 3.63) is 60.7 Å². The van der Waals surface area contributed by atoms with Gasteiger partial charge in [-0.05, 0) is 47.5 Å². The largest absolute Gasteiger partial charge is 0.339 e. The second kappa shape index (κ2) is 7.35. The molecule has 0 bridgehead atoms. The summed E-state index contributed by atoms with van der Waals surface area (Å²) in [4.78, 5) is 14.7. The van der Waals surface area contributed by atoms with E-state index in [4.69, 9.17) is 0 Å². The Morgan fingerprint density at radius 1 is 1.04 bits per heavy atom. The van der Waals surface area contributed by atoms with Crippen molar-refractivity contribution in [2.24, 2.45) is 5.92 Å². The second-order valence-corrected chi connectivity index (χ2v) is 6.37. The molecule has 26 heavy (non-hydrogen) atoms. The summed E-state index contributed by atoms with van der Waals surface area (Å²) in [5, 5.41) is 15.1. The van der Waals surface area contributed by atoms with Crippen LogP contribution in [0, 0.1) is 5.92 Å². The van der Waals surface area contributed by atoms with Gasteiger partial charge in [0.05, 0.1) is 11.6 Å². The van der Waals surface area contributed by atoms with Gasteiger partial charge in [0.25, 0.3) is 0 Å². The van der Waals surface area contributed by atoms with E-state index in [1.54, 1.807) is 4.68 Å².